The Morgan fingerprint density at radius 2 is 2.17 bits per heavy atom. The van der Waals surface area contributed by atoms with Crippen LogP contribution in [0.4, 0.5) is 5.69 Å². The van der Waals surface area contributed by atoms with Gasteiger partial charge in [-0.25, -0.2) is 0 Å². The van der Waals surface area contributed by atoms with E-state index >= 15 is 0 Å². The molecule has 0 aliphatic carbocycles. The number of hydrogen-bond donors (Lipinski definition) is 1. The van der Waals surface area contributed by atoms with Gasteiger partial charge in [-0.1, -0.05) is 13.8 Å². The molecule has 0 unspecified atom stereocenters. The van der Waals surface area contributed by atoms with Crippen LogP contribution < -0.4 is 5.32 Å². The summed E-state index contributed by atoms with van der Waals surface area (Å²) >= 11 is 0. The monoisotopic (exact) mass is 247 g/mol. The van der Waals surface area contributed by atoms with Gasteiger partial charge in [-0.2, -0.15) is 10.2 Å². The van der Waals surface area contributed by atoms with E-state index in [9.17, 15) is 0 Å². The summed E-state index contributed by atoms with van der Waals surface area (Å²) in [5.74, 6) is 0. The Labute approximate surface area is 108 Å². The van der Waals surface area contributed by atoms with E-state index in [4.69, 9.17) is 0 Å². The maximum Gasteiger partial charge on any atom is 0.0853 e. The fourth-order valence-electron chi connectivity index (χ4n) is 2.05. The van der Waals surface area contributed by atoms with Gasteiger partial charge in [0.15, 0.2) is 0 Å². The van der Waals surface area contributed by atoms with Crippen LogP contribution in [-0.4, -0.2) is 19.6 Å². The minimum Gasteiger partial charge on any atom is -0.377 e. The minimum atomic E-state index is 0.790. The SMILES string of the molecule is CCCn1nccc1CNc1cn(C)nc1CC. The molecule has 0 fully saturated rings. The highest BCUT2D eigenvalue weighted by Crippen LogP contribution is 2.15. The average Bonchev–Trinajstić information content (AvgIpc) is 2.93. The summed E-state index contributed by atoms with van der Waals surface area (Å²) in [5, 5.41) is 12.2. The maximum absolute atomic E-state index is 4.42. The molecule has 98 valence electrons. The van der Waals surface area contributed by atoms with Crippen molar-refractivity contribution in [3.63, 3.8) is 0 Å². The van der Waals surface area contributed by atoms with Crippen LogP contribution in [0.25, 0.3) is 0 Å². The maximum atomic E-state index is 4.42. The lowest BCUT2D eigenvalue weighted by Gasteiger charge is -2.08. The Hall–Kier alpha value is -1.78. The summed E-state index contributed by atoms with van der Waals surface area (Å²) in [6, 6.07) is 2.06. The van der Waals surface area contributed by atoms with Crippen molar-refractivity contribution in [2.45, 2.75) is 39.8 Å². The number of nitrogens with one attached hydrogen (secondary N) is 1. The molecule has 5 heteroatoms. The van der Waals surface area contributed by atoms with Gasteiger partial charge in [0.1, 0.15) is 0 Å². The highest BCUT2D eigenvalue weighted by Gasteiger charge is 2.07. The number of aromatic nitrogens is 4. The third-order valence-electron chi connectivity index (χ3n) is 2.94. The van der Waals surface area contributed by atoms with Crippen molar-refractivity contribution >= 4 is 5.69 Å². The fraction of sp³-hybridized carbons (Fsp3) is 0.538. The molecule has 2 rings (SSSR count). The molecule has 0 radical (unpaired) electrons. The molecule has 0 amide bonds. The van der Waals surface area contributed by atoms with Gasteiger partial charge in [-0.3, -0.25) is 9.36 Å². The van der Waals surface area contributed by atoms with Crippen molar-refractivity contribution in [2.75, 3.05) is 5.32 Å². The summed E-state index contributed by atoms with van der Waals surface area (Å²) < 4.78 is 3.90. The molecular weight excluding hydrogens is 226 g/mol. The van der Waals surface area contributed by atoms with Crippen LogP contribution in [0.1, 0.15) is 31.7 Å². The number of hydrogen-bond acceptors (Lipinski definition) is 3. The quantitative estimate of drug-likeness (QED) is 0.851. The minimum absolute atomic E-state index is 0.790. The van der Waals surface area contributed by atoms with E-state index in [1.165, 1.54) is 5.69 Å². The third-order valence-corrected chi connectivity index (χ3v) is 2.94. The van der Waals surface area contributed by atoms with E-state index in [-0.39, 0.29) is 0 Å². The molecule has 1 N–H and O–H groups in total. The molecule has 0 saturated carbocycles. The van der Waals surface area contributed by atoms with Crippen molar-refractivity contribution < 1.29 is 0 Å². The molecule has 0 spiro atoms. The first-order valence-electron chi connectivity index (χ1n) is 6.51. The van der Waals surface area contributed by atoms with Crippen molar-refractivity contribution in [2.24, 2.45) is 7.05 Å². The number of aryl methyl sites for hydroxylation is 3. The zero-order valence-corrected chi connectivity index (χ0v) is 11.3. The Morgan fingerprint density at radius 3 is 2.89 bits per heavy atom. The molecule has 0 aliphatic heterocycles. The first-order chi connectivity index (χ1) is 8.74. The summed E-state index contributed by atoms with van der Waals surface area (Å²) in [7, 11) is 1.95. The third kappa shape index (κ3) is 2.72. The van der Waals surface area contributed by atoms with Gasteiger partial charge >= 0.3 is 0 Å². The lowest BCUT2D eigenvalue weighted by molar-refractivity contribution is 0.578. The molecule has 0 atom stereocenters. The second-order valence-electron chi connectivity index (χ2n) is 4.42. The molecule has 0 aliphatic rings. The van der Waals surface area contributed by atoms with Crippen molar-refractivity contribution in [3.05, 3.63) is 29.8 Å². The predicted molar refractivity (Wildman–Crippen MR) is 72.4 cm³/mol. The number of anilines is 1. The summed E-state index contributed by atoms with van der Waals surface area (Å²) in [6.07, 6.45) is 5.93. The zero-order valence-electron chi connectivity index (χ0n) is 11.3. The van der Waals surface area contributed by atoms with E-state index in [1.807, 2.05) is 24.1 Å². The van der Waals surface area contributed by atoms with Gasteiger partial charge < -0.3 is 5.32 Å². The van der Waals surface area contributed by atoms with Crippen molar-refractivity contribution in [1.82, 2.24) is 19.6 Å². The van der Waals surface area contributed by atoms with E-state index < -0.39 is 0 Å². The molecule has 0 aromatic carbocycles. The lowest BCUT2D eigenvalue weighted by atomic mass is 10.3. The van der Waals surface area contributed by atoms with Gasteiger partial charge in [0, 0.05) is 26.0 Å². The average molecular weight is 247 g/mol. The van der Waals surface area contributed by atoms with Crippen LogP contribution in [0.2, 0.25) is 0 Å². The largest absolute Gasteiger partial charge is 0.377 e. The molecule has 2 aromatic heterocycles. The Morgan fingerprint density at radius 1 is 1.33 bits per heavy atom. The highest BCUT2D eigenvalue weighted by atomic mass is 15.3. The summed E-state index contributed by atoms with van der Waals surface area (Å²) in [6.45, 7) is 6.04. The van der Waals surface area contributed by atoms with Gasteiger partial charge in [-0.15, -0.1) is 0 Å². The molecule has 5 nitrogen and oxygen atoms in total. The van der Waals surface area contributed by atoms with Crippen LogP contribution in [0.3, 0.4) is 0 Å². The predicted octanol–water partition coefficient (Wildman–Crippen LogP) is 2.20. The topological polar surface area (TPSA) is 47.7 Å². The number of rotatable bonds is 6. The second-order valence-corrected chi connectivity index (χ2v) is 4.42. The molecule has 0 saturated heterocycles. The van der Waals surface area contributed by atoms with E-state index in [0.717, 1.165) is 37.3 Å². The Kier molecular flexibility index (Phi) is 4.02. The van der Waals surface area contributed by atoms with Crippen LogP contribution in [0.15, 0.2) is 18.5 Å². The Bertz CT molecular complexity index is 497. The first kappa shape index (κ1) is 12.7. The van der Waals surface area contributed by atoms with E-state index in [0.29, 0.717) is 0 Å². The Balaban J connectivity index is 2.04. The van der Waals surface area contributed by atoms with Crippen molar-refractivity contribution in [3.8, 4) is 0 Å². The molecule has 0 bridgehead atoms. The smallest absolute Gasteiger partial charge is 0.0853 e. The first-order valence-corrected chi connectivity index (χ1v) is 6.51. The second kappa shape index (κ2) is 5.71. The van der Waals surface area contributed by atoms with Gasteiger partial charge in [0.2, 0.25) is 0 Å². The van der Waals surface area contributed by atoms with Crippen molar-refractivity contribution in [1.29, 1.82) is 0 Å². The van der Waals surface area contributed by atoms with E-state index in [2.05, 4.69) is 40.1 Å². The normalized spacial score (nSPS) is 10.8. The van der Waals surface area contributed by atoms with Gasteiger partial charge in [0.25, 0.3) is 0 Å². The zero-order chi connectivity index (χ0) is 13.0. The standard InChI is InChI=1S/C13H21N5/c1-4-8-18-11(6-7-15-18)9-14-13-10-17(3)16-12(13)5-2/h6-7,10,14H,4-5,8-9H2,1-3H3. The van der Waals surface area contributed by atoms with Gasteiger partial charge in [0.05, 0.1) is 23.6 Å². The van der Waals surface area contributed by atoms with Gasteiger partial charge in [-0.05, 0) is 18.9 Å². The van der Waals surface area contributed by atoms with Crippen LogP contribution in [-0.2, 0) is 26.6 Å². The number of nitrogens with zero attached hydrogens (tertiary/aromatic N) is 4. The molecule has 18 heavy (non-hydrogen) atoms. The van der Waals surface area contributed by atoms with Crippen LogP contribution >= 0.6 is 0 Å². The van der Waals surface area contributed by atoms with Crippen LogP contribution in [0.5, 0.6) is 0 Å². The lowest BCUT2D eigenvalue weighted by Crippen LogP contribution is -2.09. The fourth-order valence-corrected chi connectivity index (χ4v) is 2.05. The summed E-state index contributed by atoms with van der Waals surface area (Å²) in [5.41, 5.74) is 3.44. The molecule has 2 heterocycles. The van der Waals surface area contributed by atoms with Crippen LogP contribution in [0, 0.1) is 0 Å². The molecule has 2 aromatic rings. The van der Waals surface area contributed by atoms with E-state index in [1.54, 1.807) is 0 Å². The highest BCUT2D eigenvalue weighted by molar-refractivity contribution is 5.46. The summed E-state index contributed by atoms with van der Waals surface area (Å²) in [4.78, 5) is 0. The molecular formula is C13H21N5.